The molecule has 22 heavy (non-hydrogen) atoms. The molecule has 0 saturated heterocycles. The lowest BCUT2D eigenvalue weighted by molar-refractivity contribution is -0.146. The first-order valence-electron chi connectivity index (χ1n) is 7.15. The van der Waals surface area contributed by atoms with E-state index < -0.39 is 0 Å². The summed E-state index contributed by atoms with van der Waals surface area (Å²) in [6, 6.07) is 7.61. The van der Waals surface area contributed by atoms with E-state index in [4.69, 9.17) is 16.3 Å². The molecule has 0 heterocycles. The third kappa shape index (κ3) is 6.28. The minimum absolute atomic E-state index is 0.0327. The quantitative estimate of drug-likeness (QED) is 0.680. The van der Waals surface area contributed by atoms with Crippen LogP contribution < -0.4 is 0 Å². The second-order valence-corrected chi connectivity index (χ2v) is 6.40. The molecule has 1 atom stereocenters. The van der Waals surface area contributed by atoms with Crippen LogP contribution in [0.5, 0.6) is 0 Å². The van der Waals surface area contributed by atoms with Crippen molar-refractivity contribution in [2.75, 3.05) is 26.0 Å². The molecule has 1 aromatic carbocycles. The first kappa shape index (κ1) is 18.8. The van der Waals surface area contributed by atoms with E-state index in [9.17, 15) is 9.59 Å². The highest BCUT2D eigenvalue weighted by Gasteiger charge is 2.20. The van der Waals surface area contributed by atoms with Crippen LogP contribution in [-0.2, 0) is 20.1 Å². The van der Waals surface area contributed by atoms with E-state index in [2.05, 4.69) is 0 Å². The number of benzene rings is 1. The molecule has 0 N–H and O–H groups in total. The Morgan fingerprint density at radius 1 is 1.41 bits per heavy atom. The minimum Gasteiger partial charge on any atom is -0.469 e. The SMILES string of the molecule is CCN(CC(C)C(=O)OC)C(=O)CSCc1cccc(Cl)c1. The van der Waals surface area contributed by atoms with E-state index in [1.807, 2.05) is 31.2 Å². The van der Waals surface area contributed by atoms with Crippen LogP contribution in [0.3, 0.4) is 0 Å². The lowest BCUT2D eigenvalue weighted by atomic mass is 10.1. The molecule has 0 saturated carbocycles. The molecule has 122 valence electrons. The smallest absolute Gasteiger partial charge is 0.310 e. The van der Waals surface area contributed by atoms with Crippen LogP contribution in [0.1, 0.15) is 19.4 Å². The fraction of sp³-hybridized carbons (Fsp3) is 0.500. The average Bonchev–Trinajstić information content (AvgIpc) is 2.51. The molecule has 0 radical (unpaired) electrons. The summed E-state index contributed by atoms with van der Waals surface area (Å²) in [4.78, 5) is 25.3. The van der Waals surface area contributed by atoms with E-state index in [1.165, 1.54) is 7.11 Å². The topological polar surface area (TPSA) is 46.6 Å². The number of thioether (sulfide) groups is 1. The van der Waals surface area contributed by atoms with E-state index in [0.717, 1.165) is 11.3 Å². The highest BCUT2D eigenvalue weighted by Crippen LogP contribution is 2.17. The Labute approximate surface area is 141 Å². The van der Waals surface area contributed by atoms with Crippen LogP contribution in [0.15, 0.2) is 24.3 Å². The van der Waals surface area contributed by atoms with E-state index in [1.54, 1.807) is 23.6 Å². The molecule has 4 nitrogen and oxygen atoms in total. The van der Waals surface area contributed by atoms with Gasteiger partial charge in [-0.3, -0.25) is 9.59 Å². The summed E-state index contributed by atoms with van der Waals surface area (Å²) in [5.74, 6) is 0.542. The van der Waals surface area contributed by atoms with Gasteiger partial charge in [-0.25, -0.2) is 0 Å². The number of hydrogen-bond donors (Lipinski definition) is 0. The summed E-state index contributed by atoms with van der Waals surface area (Å²) >= 11 is 7.47. The van der Waals surface area contributed by atoms with Crippen LogP contribution >= 0.6 is 23.4 Å². The largest absolute Gasteiger partial charge is 0.469 e. The Hall–Kier alpha value is -1.20. The van der Waals surface area contributed by atoms with Gasteiger partial charge in [0, 0.05) is 23.9 Å². The average molecular weight is 344 g/mol. The first-order chi connectivity index (χ1) is 10.5. The molecule has 0 aliphatic rings. The van der Waals surface area contributed by atoms with Crippen molar-refractivity contribution in [1.82, 2.24) is 4.90 Å². The van der Waals surface area contributed by atoms with Crippen molar-refractivity contribution in [2.45, 2.75) is 19.6 Å². The minimum atomic E-state index is -0.313. The van der Waals surface area contributed by atoms with Gasteiger partial charge in [0.15, 0.2) is 0 Å². The van der Waals surface area contributed by atoms with Crippen molar-refractivity contribution in [3.05, 3.63) is 34.9 Å². The van der Waals surface area contributed by atoms with Gasteiger partial charge < -0.3 is 9.64 Å². The molecular formula is C16H22ClNO3S. The van der Waals surface area contributed by atoms with Gasteiger partial charge in [-0.15, -0.1) is 11.8 Å². The lowest BCUT2D eigenvalue weighted by Crippen LogP contribution is -2.38. The molecule has 1 amide bonds. The zero-order valence-corrected chi connectivity index (χ0v) is 14.7. The third-order valence-corrected chi connectivity index (χ3v) is 4.44. The molecule has 0 aliphatic heterocycles. The van der Waals surface area contributed by atoms with E-state index in [-0.39, 0.29) is 17.8 Å². The molecule has 6 heteroatoms. The maximum Gasteiger partial charge on any atom is 0.310 e. The predicted molar refractivity (Wildman–Crippen MR) is 91.0 cm³/mol. The van der Waals surface area contributed by atoms with Gasteiger partial charge in [0.1, 0.15) is 0 Å². The molecular weight excluding hydrogens is 322 g/mol. The second kappa shape index (κ2) is 9.74. The number of esters is 1. The lowest BCUT2D eigenvalue weighted by Gasteiger charge is -2.23. The third-order valence-electron chi connectivity index (χ3n) is 3.22. The summed E-state index contributed by atoms with van der Waals surface area (Å²) in [6.07, 6.45) is 0. The monoisotopic (exact) mass is 343 g/mol. The Morgan fingerprint density at radius 3 is 2.73 bits per heavy atom. The second-order valence-electron chi connectivity index (χ2n) is 4.98. The molecule has 0 bridgehead atoms. The van der Waals surface area contributed by atoms with Crippen molar-refractivity contribution in [1.29, 1.82) is 0 Å². The van der Waals surface area contributed by atoms with Gasteiger partial charge in [0.2, 0.25) is 5.91 Å². The fourth-order valence-electron chi connectivity index (χ4n) is 1.99. The fourth-order valence-corrected chi connectivity index (χ4v) is 3.08. The summed E-state index contributed by atoms with van der Waals surface area (Å²) in [7, 11) is 1.36. The first-order valence-corrected chi connectivity index (χ1v) is 8.69. The Balaban J connectivity index is 2.43. The van der Waals surface area contributed by atoms with E-state index >= 15 is 0 Å². The number of amides is 1. The van der Waals surface area contributed by atoms with Crippen molar-refractivity contribution in [3.8, 4) is 0 Å². The van der Waals surface area contributed by atoms with Crippen LogP contribution in [-0.4, -0.2) is 42.7 Å². The van der Waals surface area contributed by atoms with Crippen LogP contribution in [0.4, 0.5) is 0 Å². The van der Waals surface area contributed by atoms with Gasteiger partial charge in [-0.1, -0.05) is 30.7 Å². The summed E-state index contributed by atoms with van der Waals surface area (Å²) in [5.41, 5.74) is 1.09. The summed E-state index contributed by atoms with van der Waals surface area (Å²) < 4.78 is 4.69. The molecule has 0 spiro atoms. The maximum absolute atomic E-state index is 12.2. The van der Waals surface area contributed by atoms with Gasteiger partial charge in [0.05, 0.1) is 18.8 Å². The Bertz CT molecular complexity index is 510. The Kier molecular flexibility index (Phi) is 8.35. The molecule has 0 aliphatic carbocycles. The number of carbonyl (C=O) groups excluding carboxylic acids is 2. The number of rotatable bonds is 8. The standard InChI is InChI=1S/C16H22ClNO3S/c1-4-18(9-12(2)16(20)21-3)15(19)11-22-10-13-6-5-7-14(17)8-13/h5-8,12H,4,9-11H2,1-3H3. The molecule has 0 fully saturated rings. The van der Waals surface area contributed by atoms with Crippen molar-refractivity contribution >= 4 is 35.2 Å². The van der Waals surface area contributed by atoms with Gasteiger partial charge >= 0.3 is 5.97 Å². The number of hydrogen-bond acceptors (Lipinski definition) is 4. The molecule has 1 unspecified atom stereocenters. The van der Waals surface area contributed by atoms with Gasteiger partial charge in [0.25, 0.3) is 0 Å². The number of ether oxygens (including phenoxy) is 1. The zero-order chi connectivity index (χ0) is 16.5. The normalized spacial score (nSPS) is 11.8. The van der Waals surface area contributed by atoms with Crippen molar-refractivity contribution in [3.63, 3.8) is 0 Å². The van der Waals surface area contributed by atoms with Crippen LogP contribution in [0.2, 0.25) is 5.02 Å². The van der Waals surface area contributed by atoms with E-state index in [0.29, 0.717) is 23.9 Å². The summed E-state index contributed by atoms with van der Waals surface area (Å²) in [5, 5.41) is 0.700. The Morgan fingerprint density at radius 2 is 2.14 bits per heavy atom. The van der Waals surface area contributed by atoms with Gasteiger partial charge in [-0.2, -0.15) is 0 Å². The zero-order valence-electron chi connectivity index (χ0n) is 13.2. The molecule has 0 aromatic heterocycles. The van der Waals surface area contributed by atoms with Crippen molar-refractivity contribution in [2.24, 2.45) is 5.92 Å². The molecule has 1 rings (SSSR count). The highest BCUT2D eigenvalue weighted by molar-refractivity contribution is 7.99. The summed E-state index contributed by atoms with van der Waals surface area (Å²) in [6.45, 7) is 4.64. The van der Waals surface area contributed by atoms with Gasteiger partial charge in [-0.05, 0) is 24.6 Å². The number of halogens is 1. The van der Waals surface area contributed by atoms with Crippen LogP contribution in [0.25, 0.3) is 0 Å². The highest BCUT2D eigenvalue weighted by atomic mass is 35.5. The molecule has 1 aromatic rings. The number of carbonyl (C=O) groups is 2. The predicted octanol–water partition coefficient (Wildman–Crippen LogP) is 3.23. The van der Waals surface area contributed by atoms with Crippen LogP contribution in [0, 0.1) is 5.92 Å². The number of nitrogens with zero attached hydrogens (tertiary/aromatic N) is 1. The van der Waals surface area contributed by atoms with Crippen molar-refractivity contribution < 1.29 is 14.3 Å². The number of methoxy groups -OCH3 is 1. The maximum atomic E-state index is 12.2.